The molecule has 178 valence electrons. The molecule has 0 aliphatic carbocycles. The second kappa shape index (κ2) is 11.4. The third-order valence-electron chi connectivity index (χ3n) is 5.48. The fourth-order valence-electron chi connectivity index (χ4n) is 3.48. The van der Waals surface area contributed by atoms with Gasteiger partial charge < -0.3 is 10.4 Å². The Morgan fingerprint density at radius 1 is 1.12 bits per heavy atom. The standard InChI is InChI=1S/C24H26N4O5S/c1-3-18-15-34-23(25-18)20(13-17-9-11-19(12-10-17)28(32)33)26-22(29)21(27(2)24(30)31)14-16-7-5-4-6-8-16/h4-12,15,20-21H,3,13-14H2,1-2H3,(H,26,29)(H,30,31)/t20-,21-/m0/s1. The molecule has 0 bridgehead atoms. The Morgan fingerprint density at radius 3 is 2.32 bits per heavy atom. The van der Waals surface area contributed by atoms with Crippen LogP contribution >= 0.6 is 11.3 Å². The molecule has 2 N–H and O–H groups in total. The maximum Gasteiger partial charge on any atom is 0.407 e. The number of hydrogen-bond donors (Lipinski definition) is 2. The van der Waals surface area contributed by atoms with E-state index in [1.165, 1.54) is 30.5 Å². The van der Waals surface area contributed by atoms with Gasteiger partial charge in [0, 0.05) is 31.0 Å². The number of hydrogen-bond acceptors (Lipinski definition) is 6. The van der Waals surface area contributed by atoms with Crippen LogP contribution in [0.25, 0.3) is 0 Å². The highest BCUT2D eigenvalue weighted by molar-refractivity contribution is 7.09. The van der Waals surface area contributed by atoms with Crippen molar-refractivity contribution >= 4 is 29.0 Å². The van der Waals surface area contributed by atoms with E-state index >= 15 is 0 Å². The number of nitrogens with one attached hydrogen (secondary N) is 1. The number of carboxylic acid groups (broad SMARTS) is 1. The summed E-state index contributed by atoms with van der Waals surface area (Å²) in [5, 5.41) is 26.1. The van der Waals surface area contributed by atoms with Crippen molar-refractivity contribution in [3.63, 3.8) is 0 Å². The molecule has 10 heteroatoms. The van der Waals surface area contributed by atoms with Crippen molar-refractivity contribution in [1.82, 2.24) is 15.2 Å². The molecule has 3 rings (SSSR count). The summed E-state index contributed by atoms with van der Waals surface area (Å²) >= 11 is 1.42. The average molecular weight is 483 g/mol. The highest BCUT2D eigenvalue weighted by Gasteiger charge is 2.30. The summed E-state index contributed by atoms with van der Waals surface area (Å²) in [5.74, 6) is -0.436. The van der Waals surface area contributed by atoms with E-state index in [0.717, 1.165) is 28.1 Å². The first-order chi connectivity index (χ1) is 16.3. The van der Waals surface area contributed by atoms with E-state index in [4.69, 9.17) is 0 Å². The highest BCUT2D eigenvalue weighted by atomic mass is 32.1. The van der Waals surface area contributed by atoms with E-state index in [1.54, 1.807) is 12.1 Å². The van der Waals surface area contributed by atoms with E-state index in [2.05, 4.69) is 10.3 Å². The van der Waals surface area contributed by atoms with Crippen molar-refractivity contribution in [1.29, 1.82) is 0 Å². The Kier molecular flexibility index (Phi) is 8.31. The lowest BCUT2D eigenvalue weighted by molar-refractivity contribution is -0.384. The van der Waals surface area contributed by atoms with Crippen molar-refractivity contribution in [3.8, 4) is 0 Å². The Morgan fingerprint density at radius 2 is 1.76 bits per heavy atom. The van der Waals surface area contributed by atoms with Crippen LogP contribution in [0.2, 0.25) is 0 Å². The van der Waals surface area contributed by atoms with Crippen molar-refractivity contribution < 1.29 is 19.6 Å². The fraction of sp³-hybridized carbons (Fsp3) is 0.292. The predicted molar refractivity (Wildman–Crippen MR) is 129 cm³/mol. The van der Waals surface area contributed by atoms with Crippen LogP contribution in [0, 0.1) is 10.1 Å². The van der Waals surface area contributed by atoms with E-state index in [9.17, 15) is 24.8 Å². The van der Waals surface area contributed by atoms with Gasteiger partial charge in [0.25, 0.3) is 5.69 Å². The predicted octanol–water partition coefficient (Wildman–Crippen LogP) is 4.23. The number of carbonyl (C=O) groups excluding carboxylic acids is 1. The molecule has 2 aromatic carbocycles. The normalized spacial score (nSPS) is 12.5. The molecule has 1 aromatic heterocycles. The summed E-state index contributed by atoms with van der Waals surface area (Å²) in [5.41, 5.74) is 2.50. The summed E-state index contributed by atoms with van der Waals surface area (Å²) in [6.07, 6.45) is 0.116. The number of aryl methyl sites for hydroxylation is 1. The molecule has 0 saturated heterocycles. The van der Waals surface area contributed by atoms with Crippen molar-refractivity contribution in [2.24, 2.45) is 0 Å². The van der Waals surface area contributed by atoms with E-state index < -0.39 is 29.0 Å². The van der Waals surface area contributed by atoms with Crippen molar-refractivity contribution in [3.05, 3.63) is 91.9 Å². The van der Waals surface area contributed by atoms with Crippen LogP contribution in [0.3, 0.4) is 0 Å². The minimum absolute atomic E-state index is 0.0159. The van der Waals surface area contributed by atoms with Crippen LogP contribution < -0.4 is 5.32 Å². The van der Waals surface area contributed by atoms with Gasteiger partial charge in [0.15, 0.2) is 0 Å². The van der Waals surface area contributed by atoms with Gasteiger partial charge in [-0.05, 0) is 24.0 Å². The lowest BCUT2D eigenvalue weighted by atomic mass is 10.0. The lowest BCUT2D eigenvalue weighted by Crippen LogP contribution is -2.49. The maximum atomic E-state index is 13.4. The maximum absolute atomic E-state index is 13.4. The third-order valence-corrected chi connectivity index (χ3v) is 6.48. The summed E-state index contributed by atoms with van der Waals surface area (Å²) in [6, 6.07) is 13.9. The molecule has 9 nitrogen and oxygen atoms in total. The molecular weight excluding hydrogens is 456 g/mol. The van der Waals surface area contributed by atoms with Crippen LogP contribution in [0.1, 0.15) is 34.8 Å². The minimum atomic E-state index is -1.20. The zero-order chi connectivity index (χ0) is 24.7. The van der Waals surface area contributed by atoms with Gasteiger partial charge in [-0.1, -0.05) is 49.4 Å². The Hall–Kier alpha value is -3.79. The molecule has 0 unspecified atom stereocenters. The number of nitro benzene ring substituents is 1. The SMILES string of the molecule is CCc1csc([C@H](Cc2ccc([N+](=O)[O-])cc2)NC(=O)[C@H](Cc2ccccc2)N(C)C(=O)O)n1. The first kappa shape index (κ1) is 24.8. The Balaban J connectivity index is 1.86. The summed E-state index contributed by atoms with van der Waals surface area (Å²) in [7, 11) is 1.37. The van der Waals surface area contributed by atoms with E-state index in [1.807, 2.05) is 42.6 Å². The van der Waals surface area contributed by atoms with Gasteiger partial charge >= 0.3 is 6.09 Å². The Bertz CT molecular complexity index is 1130. The molecule has 34 heavy (non-hydrogen) atoms. The van der Waals surface area contributed by atoms with Crippen molar-refractivity contribution in [2.45, 2.75) is 38.3 Å². The second-order valence-electron chi connectivity index (χ2n) is 7.82. The molecule has 3 aromatic rings. The molecule has 2 amide bonds. The number of aromatic nitrogens is 1. The number of benzene rings is 2. The van der Waals surface area contributed by atoms with Gasteiger partial charge in [-0.2, -0.15) is 0 Å². The van der Waals surface area contributed by atoms with Crippen LogP contribution in [0.15, 0.2) is 60.0 Å². The average Bonchev–Trinajstić information content (AvgIpc) is 3.32. The second-order valence-corrected chi connectivity index (χ2v) is 8.71. The number of rotatable bonds is 10. The molecule has 0 aliphatic rings. The number of carbonyl (C=O) groups is 2. The molecule has 0 radical (unpaired) electrons. The van der Waals surface area contributed by atoms with Gasteiger partial charge in [-0.25, -0.2) is 9.78 Å². The number of likely N-dealkylation sites (N-methyl/N-ethyl adjacent to an activating group) is 1. The largest absolute Gasteiger partial charge is 0.465 e. The zero-order valence-corrected chi connectivity index (χ0v) is 19.7. The highest BCUT2D eigenvalue weighted by Crippen LogP contribution is 2.24. The topological polar surface area (TPSA) is 126 Å². The van der Waals surface area contributed by atoms with Gasteiger partial charge in [0.2, 0.25) is 5.91 Å². The lowest BCUT2D eigenvalue weighted by Gasteiger charge is -2.27. The first-order valence-electron chi connectivity index (χ1n) is 10.8. The smallest absolute Gasteiger partial charge is 0.407 e. The minimum Gasteiger partial charge on any atom is -0.465 e. The van der Waals surface area contributed by atoms with Gasteiger partial charge in [0.05, 0.1) is 16.7 Å². The van der Waals surface area contributed by atoms with E-state index in [0.29, 0.717) is 11.4 Å². The molecule has 0 saturated carbocycles. The first-order valence-corrected chi connectivity index (χ1v) is 11.6. The van der Waals surface area contributed by atoms with Gasteiger partial charge in [0.1, 0.15) is 11.0 Å². The number of nitro groups is 1. The van der Waals surface area contributed by atoms with Crippen LogP contribution in [-0.2, 0) is 24.1 Å². The molecule has 2 atom stereocenters. The van der Waals surface area contributed by atoms with Crippen LogP contribution in [-0.4, -0.2) is 45.0 Å². The summed E-state index contributed by atoms with van der Waals surface area (Å²) in [6.45, 7) is 1.99. The molecule has 0 spiro atoms. The van der Waals surface area contributed by atoms with Gasteiger partial charge in [-0.15, -0.1) is 11.3 Å². The molecule has 0 fully saturated rings. The number of thiazole rings is 1. The number of nitrogens with zero attached hydrogens (tertiary/aromatic N) is 3. The molecule has 0 aliphatic heterocycles. The van der Waals surface area contributed by atoms with Crippen LogP contribution in [0.5, 0.6) is 0 Å². The molecular formula is C24H26N4O5S. The fourth-order valence-corrected chi connectivity index (χ4v) is 4.43. The molecule has 1 heterocycles. The van der Waals surface area contributed by atoms with E-state index in [-0.39, 0.29) is 12.1 Å². The Labute approximate surface area is 201 Å². The summed E-state index contributed by atoms with van der Waals surface area (Å²) in [4.78, 5) is 41.2. The monoisotopic (exact) mass is 482 g/mol. The van der Waals surface area contributed by atoms with Gasteiger partial charge in [-0.3, -0.25) is 19.8 Å². The van der Waals surface area contributed by atoms with Crippen molar-refractivity contribution in [2.75, 3.05) is 7.05 Å². The number of amides is 2. The van der Waals surface area contributed by atoms with Crippen LogP contribution in [0.4, 0.5) is 10.5 Å². The summed E-state index contributed by atoms with van der Waals surface area (Å²) < 4.78 is 0. The number of non-ortho nitro benzene ring substituents is 1. The quantitative estimate of drug-likeness (QED) is 0.329. The zero-order valence-electron chi connectivity index (χ0n) is 18.9. The third kappa shape index (κ3) is 6.38.